The van der Waals surface area contributed by atoms with E-state index in [1.807, 2.05) is 0 Å². The number of nitrogens with two attached hydrogens (primary N) is 1. The van der Waals surface area contributed by atoms with Crippen molar-refractivity contribution in [1.29, 1.82) is 0 Å². The first kappa shape index (κ1) is 25.2. The molecule has 10 nitrogen and oxygen atoms in total. The van der Waals surface area contributed by atoms with E-state index < -0.39 is 29.7 Å². The lowest BCUT2D eigenvalue weighted by atomic mass is 9.96. The van der Waals surface area contributed by atoms with Gasteiger partial charge in [-0.3, -0.25) is 9.59 Å². The summed E-state index contributed by atoms with van der Waals surface area (Å²) in [5, 5.41) is 14.2. The second-order valence-corrected chi connectivity index (χ2v) is 9.51. The fraction of sp³-hybridized carbons (Fsp3) is 0.308. The summed E-state index contributed by atoms with van der Waals surface area (Å²) >= 11 is 0. The molecule has 5 N–H and O–H groups in total. The average Bonchev–Trinajstić information content (AvgIpc) is 3.58. The second-order valence-electron chi connectivity index (χ2n) is 9.51. The normalized spacial score (nSPS) is 14.1. The number of pyridine rings is 1. The SMILES string of the molecule is Cc1c(-c2cc(F)c(N)cc2F)ccc2c3oc(CNC(=O)C[C@@H](C)NC(=O)O)nc3c(=O)n(C3CC3)c12. The molecule has 1 fully saturated rings. The molecule has 2 heterocycles. The lowest BCUT2D eigenvalue weighted by Gasteiger charge is -2.16. The number of rotatable bonds is 7. The van der Waals surface area contributed by atoms with Crippen molar-refractivity contribution in [2.45, 2.75) is 51.7 Å². The molecule has 0 radical (unpaired) electrons. The van der Waals surface area contributed by atoms with E-state index in [4.69, 9.17) is 15.3 Å². The van der Waals surface area contributed by atoms with E-state index in [9.17, 15) is 23.2 Å². The third-order valence-electron chi connectivity index (χ3n) is 6.60. The van der Waals surface area contributed by atoms with Crippen LogP contribution in [-0.4, -0.2) is 32.7 Å². The minimum Gasteiger partial charge on any atom is -0.465 e. The maximum Gasteiger partial charge on any atom is 0.404 e. The van der Waals surface area contributed by atoms with Gasteiger partial charge >= 0.3 is 6.09 Å². The van der Waals surface area contributed by atoms with Crippen LogP contribution >= 0.6 is 0 Å². The minimum atomic E-state index is -1.23. The fourth-order valence-electron chi connectivity index (χ4n) is 4.70. The zero-order valence-electron chi connectivity index (χ0n) is 20.6. The van der Waals surface area contributed by atoms with Crippen LogP contribution in [0.3, 0.4) is 0 Å². The number of carbonyl (C=O) groups is 2. The van der Waals surface area contributed by atoms with E-state index >= 15 is 0 Å². The van der Waals surface area contributed by atoms with Gasteiger partial charge in [-0.2, -0.15) is 0 Å². The van der Waals surface area contributed by atoms with Crippen molar-refractivity contribution in [1.82, 2.24) is 20.2 Å². The molecule has 1 aliphatic carbocycles. The number of carboxylic acid groups (broad SMARTS) is 1. The summed E-state index contributed by atoms with van der Waals surface area (Å²) in [4.78, 5) is 40.8. The Morgan fingerprint density at radius 2 is 1.97 bits per heavy atom. The fourth-order valence-corrected chi connectivity index (χ4v) is 4.70. The van der Waals surface area contributed by atoms with Gasteiger partial charge in [0.25, 0.3) is 5.56 Å². The summed E-state index contributed by atoms with van der Waals surface area (Å²) < 4.78 is 36.5. The highest BCUT2D eigenvalue weighted by atomic mass is 19.1. The number of aromatic nitrogens is 2. The zero-order chi connectivity index (χ0) is 27.3. The maximum atomic E-state index is 14.8. The summed E-state index contributed by atoms with van der Waals surface area (Å²) in [6.45, 7) is 3.19. The molecule has 1 aliphatic rings. The highest BCUT2D eigenvalue weighted by Crippen LogP contribution is 2.41. The molecule has 2 amide bonds. The van der Waals surface area contributed by atoms with Crippen molar-refractivity contribution in [2.24, 2.45) is 0 Å². The van der Waals surface area contributed by atoms with Crippen LogP contribution in [0.4, 0.5) is 19.3 Å². The van der Waals surface area contributed by atoms with Crippen LogP contribution < -0.4 is 21.9 Å². The molecule has 1 atom stereocenters. The number of oxazole rings is 1. The molecule has 5 rings (SSSR count). The first-order valence-electron chi connectivity index (χ1n) is 12.0. The van der Waals surface area contributed by atoms with Crippen LogP contribution in [0.15, 0.2) is 33.5 Å². The molecule has 2 aromatic carbocycles. The first-order valence-corrected chi connectivity index (χ1v) is 12.0. The molecule has 0 aliphatic heterocycles. The van der Waals surface area contributed by atoms with Gasteiger partial charge in [-0.1, -0.05) is 6.07 Å². The smallest absolute Gasteiger partial charge is 0.404 e. The predicted molar refractivity (Wildman–Crippen MR) is 136 cm³/mol. The predicted octanol–water partition coefficient (Wildman–Crippen LogP) is 3.98. The zero-order valence-corrected chi connectivity index (χ0v) is 20.6. The summed E-state index contributed by atoms with van der Waals surface area (Å²) in [7, 11) is 0. The minimum absolute atomic E-state index is 0.0265. The topological polar surface area (TPSA) is 152 Å². The number of hydrogen-bond donors (Lipinski definition) is 4. The Kier molecular flexibility index (Phi) is 6.25. The summed E-state index contributed by atoms with van der Waals surface area (Å²) in [5.74, 6) is -1.75. The molecule has 38 heavy (non-hydrogen) atoms. The Labute approximate surface area is 214 Å². The van der Waals surface area contributed by atoms with Crippen LogP contribution in [0, 0.1) is 18.6 Å². The molecule has 198 valence electrons. The molecular formula is C26H25F2N5O5. The number of nitrogens with one attached hydrogen (secondary N) is 2. The molecule has 0 bridgehead atoms. The number of aryl methyl sites for hydroxylation is 1. The maximum absolute atomic E-state index is 14.8. The third-order valence-corrected chi connectivity index (χ3v) is 6.60. The largest absolute Gasteiger partial charge is 0.465 e. The van der Waals surface area contributed by atoms with Crippen molar-refractivity contribution >= 4 is 39.7 Å². The summed E-state index contributed by atoms with van der Waals surface area (Å²) in [6, 6.07) is 4.63. The molecule has 0 unspecified atom stereocenters. The Balaban J connectivity index is 1.57. The Hall–Kier alpha value is -4.48. The highest BCUT2D eigenvalue weighted by Gasteiger charge is 2.30. The van der Waals surface area contributed by atoms with Crippen molar-refractivity contribution in [3.8, 4) is 11.1 Å². The van der Waals surface area contributed by atoms with Crippen molar-refractivity contribution in [2.75, 3.05) is 5.73 Å². The monoisotopic (exact) mass is 525 g/mol. The number of amides is 2. The van der Waals surface area contributed by atoms with E-state index in [0.717, 1.165) is 25.0 Å². The number of hydrogen-bond acceptors (Lipinski definition) is 6. The molecule has 4 aromatic rings. The van der Waals surface area contributed by atoms with E-state index in [-0.39, 0.29) is 52.8 Å². The lowest BCUT2D eigenvalue weighted by Crippen LogP contribution is -2.36. The third kappa shape index (κ3) is 4.53. The molecule has 1 saturated carbocycles. The van der Waals surface area contributed by atoms with Gasteiger partial charge in [-0.25, -0.2) is 18.6 Å². The van der Waals surface area contributed by atoms with Crippen molar-refractivity contribution < 1.29 is 27.9 Å². The van der Waals surface area contributed by atoms with Gasteiger partial charge in [0, 0.05) is 35.5 Å². The van der Waals surface area contributed by atoms with Gasteiger partial charge in [0.2, 0.25) is 11.8 Å². The van der Waals surface area contributed by atoms with Crippen LogP contribution in [-0.2, 0) is 11.3 Å². The van der Waals surface area contributed by atoms with Gasteiger partial charge in [-0.15, -0.1) is 0 Å². The Morgan fingerprint density at radius 3 is 2.66 bits per heavy atom. The Bertz CT molecular complexity index is 1670. The van der Waals surface area contributed by atoms with Crippen LogP contribution in [0.2, 0.25) is 0 Å². The van der Waals surface area contributed by atoms with Gasteiger partial charge in [0.1, 0.15) is 11.6 Å². The van der Waals surface area contributed by atoms with E-state index in [0.29, 0.717) is 22.0 Å². The average molecular weight is 526 g/mol. The number of halogens is 2. The number of fused-ring (bicyclic) bond motifs is 3. The van der Waals surface area contributed by atoms with Gasteiger partial charge in [0.05, 0.1) is 17.7 Å². The van der Waals surface area contributed by atoms with Crippen LogP contribution in [0.5, 0.6) is 0 Å². The van der Waals surface area contributed by atoms with Gasteiger partial charge < -0.3 is 30.5 Å². The van der Waals surface area contributed by atoms with E-state index in [1.165, 1.54) is 0 Å². The van der Waals surface area contributed by atoms with E-state index in [2.05, 4.69) is 15.6 Å². The van der Waals surface area contributed by atoms with E-state index in [1.54, 1.807) is 30.5 Å². The number of nitrogens with zero attached hydrogens (tertiary/aromatic N) is 2. The van der Waals surface area contributed by atoms with Crippen molar-refractivity contribution in [3.05, 3.63) is 57.7 Å². The van der Waals surface area contributed by atoms with Crippen molar-refractivity contribution in [3.63, 3.8) is 0 Å². The van der Waals surface area contributed by atoms with Gasteiger partial charge in [-0.05, 0) is 49.9 Å². The Morgan fingerprint density at radius 1 is 1.24 bits per heavy atom. The highest BCUT2D eigenvalue weighted by molar-refractivity contribution is 6.04. The number of benzene rings is 2. The second kappa shape index (κ2) is 9.43. The van der Waals surface area contributed by atoms with Crippen LogP contribution in [0.25, 0.3) is 33.1 Å². The molecule has 0 saturated heterocycles. The first-order chi connectivity index (χ1) is 18.0. The standard InChI is InChI=1S/C26H25F2N5O5/c1-11(31-26(36)37)7-20(34)30-10-21-32-22-24(38-21)15-6-5-14(16-8-18(28)19(29)9-17(16)27)12(2)23(15)33(25(22)35)13-3-4-13/h5-6,8-9,11,13,31H,3-4,7,10,29H2,1-2H3,(H,30,34)(H,36,37)/t11-/m1/s1. The quantitative estimate of drug-likeness (QED) is 0.266. The molecule has 0 spiro atoms. The van der Waals surface area contributed by atoms with Crippen LogP contribution in [0.1, 0.15) is 43.7 Å². The number of anilines is 1. The van der Waals surface area contributed by atoms with Gasteiger partial charge in [0.15, 0.2) is 11.1 Å². The summed E-state index contributed by atoms with van der Waals surface area (Å²) in [6.07, 6.45) is 0.260. The number of nitrogen functional groups attached to an aromatic ring is 1. The molecule has 2 aromatic heterocycles. The lowest BCUT2D eigenvalue weighted by molar-refractivity contribution is -0.121. The molecule has 12 heteroatoms. The summed E-state index contributed by atoms with van der Waals surface area (Å²) in [5.41, 5.74) is 6.72. The number of carbonyl (C=O) groups excluding carboxylic acids is 1. The molecular weight excluding hydrogens is 500 g/mol.